The Morgan fingerprint density at radius 2 is 1.71 bits per heavy atom. The smallest absolute Gasteiger partial charge is 0.408 e. The molecule has 0 saturated heterocycles. The molecule has 0 saturated carbocycles. The first-order chi connectivity index (χ1) is 19.3. The third-order valence-corrected chi connectivity index (χ3v) is 6.75. The van der Waals surface area contributed by atoms with Crippen LogP contribution in [0.25, 0.3) is 0 Å². The first kappa shape index (κ1) is 33.6. The maximum atomic E-state index is 14.2. The number of anilines is 1. The maximum absolute atomic E-state index is 14.2. The molecule has 0 fully saturated rings. The average molecular weight is 587 g/mol. The minimum atomic E-state index is -1.15. The van der Waals surface area contributed by atoms with Crippen LogP contribution in [0.3, 0.4) is 0 Å². The quantitative estimate of drug-likeness (QED) is 0.278. The predicted octanol–water partition coefficient (Wildman–Crippen LogP) is 5.68. The maximum Gasteiger partial charge on any atom is 0.408 e. The van der Waals surface area contributed by atoms with Crippen molar-refractivity contribution in [2.75, 3.05) is 11.9 Å². The lowest BCUT2D eigenvalue weighted by Crippen LogP contribution is -2.52. The topological polar surface area (TPSA) is 131 Å². The molecule has 224 valence electrons. The highest BCUT2D eigenvalue weighted by Crippen LogP contribution is 2.30. The lowest BCUT2D eigenvalue weighted by Gasteiger charge is -2.34. The number of hydrogen-bond acceptors (Lipinski definition) is 5. The highest BCUT2D eigenvalue weighted by Gasteiger charge is 2.36. The molecule has 41 heavy (non-hydrogen) atoms. The van der Waals surface area contributed by atoms with Crippen LogP contribution in [0.15, 0.2) is 42.5 Å². The van der Waals surface area contributed by atoms with Crippen molar-refractivity contribution in [1.82, 2.24) is 10.2 Å². The molecule has 0 bridgehead atoms. The number of alkyl carbamates (subject to hydrolysis) is 1. The number of carbonyl (C=O) groups is 4. The van der Waals surface area contributed by atoms with Gasteiger partial charge in [-0.3, -0.25) is 14.4 Å². The van der Waals surface area contributed by atoms with Crippen LogP contribution in [0.4, 0.5) is 10.5 Å². The van der Waals surface area contributed by atoms with E-state index in [1.165, 1.54) is 4.90 Å². The van der Waals surface area contributed by atoms with Crippen LogP contribution in [0.2, 0.25) is 5.02 Å². The van der Waals surface area contributed by atoms with E-state index in [2.05, 4.69) is 10.6 Å². The first-order valence-corrected chi connectivity index (χ1v) is 14.4. The fourth-order valence-electron chi connectivity index (χ4n) is 4.28. The number of aryl methyl sites for hydroxylation is 2. The van der Waals surface area contributed by atoms with E-state index >= 15 is 0 Å². The van der Waals surface area contributed by atoms with Gasteiger partial charge in [0.15, 0.2) is 0 Å². The number of primary amides is 1. The van der Waals surface area contributed by atoms with Gasteiger partial charge in [0.05, 0.1) is 10.7 Å². The van der Waals surface area contributed by atoms with Gasteiger partial charge in [0, 0.05) is 13.0 Å². The standard InChI is InChI=1S/C31H43ClN4O5/c1-7-9-19-36(29(39)24(17-18-25(33)37)34-30(40)41-31(4,5)6)27(22-15-13-21(8-2)14-16-22)28(38)35-26-20(3)11-10-12-23(26)32/h10-16,24,27H,7-9,17-19H2,1-6H3,(H2,33,37)(H,34,40)(H,35,38). The Morgan fingerprint density at radius 3 is 2.24 bits per heavy atom. The fraction of sp³-hybridized carbons (Fsp3) is 0.484. The van der Waals surface area contributed by atoms with E-state index in [1.54, 1.807) is 32.9 Å². The van der Waals surface area contributed by atoms with Crippen LogP contribution in [0.5, 0.6) is 0 Å². The summed E-state index contributed by atoms with van der Waals surface area (Å²) in [6.07, 6.45) is 1.15. The van der Waals surface area contributed by atoms with Gasteiger partial charge < -0.3 is 26.0 Å². The molecular weight excluding hydrogens is 544 g/mol. The molecule has 0 aliphatic carbocycles. The minimum absolute atomic E-state index is 0.0528. The Morgan fingerprint density at radius 1 is 1.05 bits per heavy atom. The van der Waals surface area contributed by atoms with Gasteiger partial charge in [0.25, 0.3) is 5.91 Å². The number of rotatable bonds is 13. The van der Waals surface area contributed by atoms with E-state index in [4.69, 9.17) is 22.1 Å². The van der Waals surface area contributed by atoms with Crippen LogP contribution >= 0.6 is 11.6 Å². The molecule has 0 aromatic heterocycles. The summed E-state index contributed by atoms with van der Waals surface area (Å²) in [5.41, 5.74) is 7.47. The van der Waals surface area contributed by atoms with Crippen LogP contribution in [0, 0.1) is 6.92 Å². The lowest BCUT2D eigenvalue weighted by molar-refractivity contribution is -0.141. The number of halogens is 1. The average Bonchev–Trinajstić information content (AvgIpc) is 2.89. The monoisotopic (exact) mass is 586 g/mol. The summed E-state index contributed by atoms with van der Waals surface area (Å²) < 4.78 is 5.38. The van der Waals surface area contributed by atoms with Crippen LogP contribution in [0.1, 0.15) is 83.0 Å². The summed E-state index contributed by atoms with van der Waals surface area (Å²) in [6.45, 7) is 11.2. The zero-order valence-electron chi connectivity index (χ0n) is 24.9. The molecule has 2 atom stereocenters. The number of para-hydroxylation sites is 1. The van der Waals surface area contributed by atoms with Gasteiger partial charge in [-0.25, -0.2) is 4.79 Å². The Kier molecular flexibility index (Phi) is 12.6. The van der Waals surface area contributed by atoms with E-state index in [9.17, 15) is 19.2 Å². The van der Waals surface area contributed by atoms with Gasteiger partial charge in [0.2, 0.25) is 11.8 Å². The molecule has 2 aromatic rings. The van der Waals surface area contributed by atoms with Crippen molar-refractivity contribution in [2.24, 2.45) is 5.73 Å². The van der Waals surface area contributed by atoms with Crippen molar-refractivity contribution >= 4 is 41.1 Å². The summed E-state index contributed by atoms with van der Waals surface area (Å²) >= 11 is 6.42. The normalized spacial score (nSPS) is 12.7. The van der Waals surface area contributed by atoms with Crippen molar-refractivity contribution < 1.29 is 23.9 Å². The molecule has 4 amide bonds. The van der Waals surface area contributed by atoms with Gasteiger partial charge in [-0.2, -0.15) is 0 Å². The largest absolute Gasteiger partial charge is 0.444 e. The van der Waals surface area contributed by atoms with Gasteiger partial charge in [-0.15, -0.1) is 0 Å². The summed E-state index contributed by atoms with van der Waals surface area (Å²) in [6, 6.07) is 10.6. The van der Waals surface area contributed by atoms with Crippen LogP contribution < -0.4 is 16.4 Å². The SMILES string of the molecule is CCCCN(C(=O)C(CCC(N)=O)NC(=O)OC(C)(C)C)C(C(=O)Nc1c(C)cccc1Cl)c1ccc(CC)cc1. The lowest BCUT2D eigenvalue weighted by atomic mass is 9.99. The Balaban J connectivity index is 2.58. The number of nitrogens with one attached hydrogen (secondary N) is 2. The third-order valence-electron chi connectivity index (χ3n) is 6.44. The number of nitrogens with zero attached hydrogens (tertiary/aromatic N) is 1. The molecule has 0 aliphatic heterocycles. The zero-order chi connectivity index (χ0) is 30.7. The van der Waals surface area contributed by atoms with E-state index in [-0.39, 0.29) is 19.4 Å². The molecule has 0 heterocycles. The highest BCUT2D eigenvalue weighted by molar-refractivity contribution is 6.34. The van der Waals surface area contributed by atoms with Crippen LogP contribution in [-0.4, -0.2) is 46.9 Å². The molecule has 0 spiro atoms. The summed E-state index contributed by atoms with van der Waals surface area (Å²) in [5, 5.41) is 5.90. The van der Waals surface area contributed by atoms with E-state index < -0.39 is 41.5 Å². The van der Waals surface area contributed by atoms with Crippen molar-refractivity contribution in [1.29, 1.82) is 0 Å². The number of amides is 4. The number of hydrogen-bond donors (Lipinski definition) is 3. The second-order valence-corrected chi connectivity index (χ2v) is 11.4. The van der Waals surface area contributed by atoms with E-state index in [0.29, 0.717) is 22.7 Å². The molecular formula is C31H43ClN4O5. The fourth-order valence-corrected chi connectivity index (χ4v) is 4.55. The Hall–Kier alpha value is -3.59. The molecule has 2 aromatic carbocycles. The first-order valence-electron chi connectivity index (χ1n) is 14.0. The number of nitrogens with two attached hydrogens (primary N) is 1. The number of benzene rings is 2. The molecule has 0 radical (unpaired) electrons. The molecule has 2 unspecified atom stereocenters. The van der Waals surface area contributed by atoms with Gasteiger partial charge >= 0.3 is 6.09 Å². The summed E-state index contributed by atoms with van der Waals surface area (Å²) in [4.78, 5) is 54.0. The highest BCUT2D eigenvalue weighted by atomic mass is 35.5. The summed E-state index contributed by atoms with van der Waals surface area (Å²) in [5.74, 6) is -1.60. The van der Waals surface area contributed by atoms with Gasteiger partial charge in [-0.1, -0.05) is 68.3 Å². The second kappa shape index (κ2) is 15.4. The molecule has 2 rings (SSSR count). The number of ether oxygens (including phenoxy) is 1. The van der Waals surface area contributed by atoms with Crippen LogP contribution in [-0.2, 0) is 25.5 Å². The van der Waals surface area contributed by atoms with Crippen molar-refractivity contribution in [2.45, 2.75) is 91.3 Å². The summed E-state index contributed by atoms with van der Waals surface area (Å²) in [7, 11) is 0. The van der Waals surface area contributed by atoms with E-state index in [0.717, 1.165) is 24.0 Å². The number of unbranched alkanes of at least 4 members (excludes halogenated alkanes) is 1. The number of carbonyl (C=O) groups excluding carboxylic acids is 4. The zero-order valence-corrected chi connectivity index (χ0v) is 25.6. The van der Waals surface area contributed by atoms with E-state index in [1.807, 2.05) is 51.1 Å². The predicted molar refractivity (Wildman–Crippen MR) is 162 cm³/mol. The minimum Gasteiger partial charge on any atom is -0.444 e. The van der Waals surface area contributed by atoms with Crippen molar-refractivity contribution in [3.05, 3.63) is 64.2 Å². The molecule has 4 N–H and O–H groups in total. The van der Waals surface area contributed by atoms with Gasteiger partial charge in [0.1, 0.15) is 17.7 Å². The van der Waals surface area contributed by atoms with Gasteiger partial charge in [-0.05, 0) is 69.7 Å². The van der Waals surface area contributed by atoms with Crippen molar-refractivity contribution in [3.63, 3.8) is 0 Å². The molecule has 10 heteroatoms. The second-order valence-electron chi connectivity index (χ2n) is 11.0. The molecule has 9 nitrogen and oxygen atoms in total. The molecule has 0 aliphatic rings. The Bertz CT molecular complexity index is 1190. The van der Waals surface area contributed by atoms with Crippen molar-refractivity contribution in [3.8, 4) is 0 Å². The third kappa shape index (κ3) is 10.4. The Labute approximate surface area is 248 Å².